The Kier molecular flexibility index (Phi) is 2.70. The van der Waals surface area contributed by atoms with Crippen LogP contribution in [0.1, 0.15) is 55.7 Å². The van der Waals surface area contributed by atoms with Crippen LogP contribution in [-0.2, 0) is 5.54 Å². The maximum atomic E-state index is 10.0. The van der Waals surface area contributed by atoms with Crippen LogP contribution in [-0.4, -0.2) is 5.11 Å². The van der Waals surface area contributed by atoms with E-state index in [2.05, 4.69) is 19.9 Å². The summed E-state index contributed by atoms with van der Waals surface area (Å²) in [5.41, 5.74) is 9.39. The van der Waals surface area contributed by atoms with Crippen molar-refractivity contribution >= 4 is 0 Å². The van der Waals surface area contributed by atoms with Gasteiger partial charge in [-0.05, 0) is 55.4 Å². The molecule has 0 unspecified atom stereocenters. The molecule has 1 aromatic rings. The van der Waals surface area contributed by atoms with Gasteiger partial charge in [0.25, 0.3) is 0 Å². The lowest BCUT2D eigenvalue weighted by Gasteiger charge is -2.39. The fourth-order valence-electron chi connectivity index (χ4n) is 2.56. The minimum absolute atomic E-state index is 0.276. The molecule has 2 nitrogen and oxygen atoms in total. The summed E-state index contributed by atoms with van der Waals surface area (Å²) < 4.78 is 0. The first-order valence-electron chi connectivity index (χ1n) is 6.07. The molecule has 88 valence electrons. The van der Waals surface area contributed by atoms with Crippen molar-refractivity contribution in [3.05, 3.63) is 28.8 Å². The van der Waals surface area contributed by atoms with E-state index in [4.69, 9.17) is 5.73 Å². The van der Waals surface area contributed by atoms with E-state index >= 15 is 0 Å². The molecule has 0 saturated heterocycles. The summed E-state index contributed by atoms with van der Waals surface area (Å²) in [6.07, 6.45) is 3.14. The van der Waals surface area contributed by atoms with Crippen molar-refractivity contribution in [2.24, 2.45) is 5.73 Å². The van der Waals surface area contributed by atoms with E-state index in [9.17, 15) is 5.11 Å². The second-order valence-electron chi connectivity index (χ2n) is 5.39. The van der Waals surface area contributed by atoms with Gasteiger partial charge in [0.1, 0.15) is 5.75 Å². The van der Waals surface area contributed by atoms with E-state index < -0.39 is 0 Å². The maximum Gasteiger partial charge on any atom is 0.120 e. The summed E-state index contributed by atoms with van der Waals surface area (Å²) in [4.78, 5) is 0. The molecule has 0 atom stereocenters. The third-order valence-electron chi connectivity index (χ3n) is 3.79. The standard InChI is InChI=1S/C14H21NO/c1-9(2)11-8-12(13(16)7-10(11)3)14(15)5-4-6-14/h7-9,16H,4-6,15H2,1-3H3. The minimum atomic E-state index is -0.276. The quantitative estimate of drug-likeness (QED) is 0.802. The number of aryl methyl sites for hydroxylation is 1. The molecule has 1 saturated carbocycles. The lowest BCUT2D eigenvalue weighted by molar-refractivity contribution is 0.245. The molecule has 1 aliphatic carbocycles. The number of hydrogen-bond donors (Lipinski definition) is 2. The van der Waals surface area contributed by atoms with Gasteiger partial charge in [0, 0.05) is 11.1 Å². The van der Waals surface area contributed by atoms with Crippen LogP contribution in [0.15, 0.2) is 12.1 Å². The molecule has 1 aliphatic rings. The van der Waals surface area contributed by atoms with Crippen LogP contribution >= 0.6 is 0 Å². The first kappa shape index (κ1) is 11.5. The zero-order chi connectivity index (χ0) is 11.9. The van der Waals surface area contributed by atoms with Crippen molar-refractivity contribution in [2.75, 3.05) is 0 Å². The summed E-state index contributed by atoms with van der Waals surface area (Å²) in [6, 6.07) is 3.96. The Hall–Kier alpha value is -1.02. The molecule has 0 radical (unpaired) electrons. The van der Waals surface area contributed by atoms with Gasteiger partial charge < -0.3 is 10.8 Å². The highest BCUT2D eigenvalue weighted by Crippen LogP contribution is 2.43. The van der Waals surface area contributed by atoms with Crippen LogP contribution in [0.5, 0.6) is 5.75 Å². The van der Waals surface area contributed by atoms with Gasteiger partial charge in [0.15, 0.2) is 0 Å². The normalized spacial score (nSPS) is 18.6. The van der Waals surface area contributed by atoms with Crippen molar-refractivity contribution in [3.8, 4) is 5.75 Å². The Morgan fingerprint density at radius 3 is 2.38 bits per heavy atom. The van der Waals surface area contributed by atoms with Crippen LogP contribution in [0, 0.1) is 6.92 Å². The fourth-order valence-corrected chi connectivity index (χ4v) is 2.56. The molecule has 0 spiro atoms. The molecule has 0 heterocycles. The van der Waals surface area contributed by atoms with Crippen LogP contribution in [0.25, 0.3) is 0 Å². The van der Waals surface area contributed by atoms with E-state index in [1.54, 1.807) is 0 Å². The summed E-state index contributed by atoms with van der Waals surface area (Å²) in [5.74, 6) is 0.840. The van der Waals surface area contributed by atoms with Gasteiger partial charge in [0.05, 0.1) is 0 Å². The minimum Gasteiger partial charge on any atom is -0.508 e. The summed E-state index contributed by atoms with van der Waals surface area (Å²) in [7, 11) is 0. The Morgan fingerprint density at radius 2 is 1.94 bits per heavy atom. The molecule has 0 aromatic heterocycles. The predicted molar refractivity (Wildman–Crippen MR) is 66.6 cm³/mol. The number of benzene rings is 1. The van der Waals surface area contributed by atoms with Crippen LogP contribution in [0.2, 0.25) is 0 Å². The topological polar surface area (TPSA) is 46.2 Å². The molecule has 0 bridgehead atoms. The van der Waals surface area contributed by atoms with Crippen molar-refractivity contribution in [2.45, 2.75) is 51.5 Å². The van der Waals surface area contributed by atoms with Gasteiger partial charge in [-0.2, -0.15) is 0 Å². The van der Waals surface area contributed by atoms with Gasteiger partial charge in [-0.15, -0.1) is 0 Å². The summed E-state index contributed by atoms with van der Waals surface area (Å²) in [6.45, 7) is 6.39. The van der Waals surface area contributed by atoms with Crippen LogP contribution in [0.4, 0.5) is 0 Å². The highest BCUT2D eigenvalue weighted by Gasteiger charge is 2.36. The number of aromatic hydroxyl groups is 1. The molecule has 0 amide bonds. The average molecular weight is 219 g/mol. The second-order valence-corrected chi connectivity index (χ2v) is 5.39. The lowest BCUT2D eigenvalue weighted by atomic mass is 9.71. The van der Waals surface area contributed by atoms with Gasteiger partial charge in [-0.25, -0.2) is 0 Å². The Labute approximate surface area is 97.5 Å². The molecule has 0 aliphatic heterocycles. The summed E-state index contributed by atoms with van der Waals surface area (Å²) >= 11 is 0. The van der Waals surface area contributed by atoms with Gasteiger partial charge >= 0.3 is 0 Å². The van der Waals surface area contributed by atoms with Crippen molar-refractivity contribution in [1.82, 2.24) is 0 Å². The number of phenolic OH excluding ortho intramolecular Hbond substituents is 1. The van der Waals surface area contributed by atoms with E-state index in [1.165, 1.54) is 12.0 Å². The number of phenols is 1. The first-order valence-corrected chi connectivity index (χ1v) is 6.07. The zero-order valence-corrected chi connectivity index (χ0v) is 10.4. The third-order valence-corrected chi connectivity index (χ3v) is 3.79. The Balaban J connectivity index is 2.49. The van der Waals surface area contributed by atoms with Gasteiger partial charge in [0.2, 0.25) is 0 Å². The Morgan fingerprint density at radius 1 is 1.31 bits per heavy atom. The fraction of sp³-hybridized carbons (Fsp3) is 0.571. The largest absolute Gasteiger partial charge is 0.508 e. The van der Waals surface area contributed by atoms with E-state index in [1.807, 2.05) is 13.0 Å². The number of hydrogen-bond acceptors (Lipinski definition) is 2. The van der Waals surface area contributed by atoms with E-state index in [-0.39, 0.29) is 5.54 Å². The molecule has 1 fully saturated rings. The second kappa shape index (κ2) is 3.77. The molecule has 16 heavy (non-hydrogen) atoms. The summed E-state index contributed by atoms with van der Waals surface area (Å²) in [5, 5.41) is 10.0. The van der Waals surface area contributed by atoms with E-state index in [0.717, 1.165) is 24.0 Å². The highest BCUT2D eigenvalue weighted by atomic mass is 16.3. The van der Waals surface area contributed by atoms with Crippen molar-refractivity contribution < 1.29 is 5.11 Å². The van der Waals surface area contributed by atoms with Gasteiger partial charge in [-0.1, -0.05) is 13.8 Å². The van der Waals surface area contributed by atoms with E-state index in [0.29, 0.717) is 11.7 Å². The van der Waals surface area contributed by atoms with Crippen LogP contribution in [0.3, 0.4) is 0 Å². The SMILES string of the molecule is Cc1cc(O)c(C2(N)CCC2)cc1C(C)C. The van der Waals surface area contributed by atoms with Crippen molar-refractivity contribution in [1.29, 1.82) is 0 Å². The smallest absolute Gasteiger partial charge is 0.120 e. The average Bonchev–Trinajstić information content (AvgIpc) is 2.13. The molecule has 1 aromatic carbocycles. The molecular weight excluding hydrogens is 198 g/mol. The molecule has 2 heteroatoms. The monoisotopic (exact) mass is 219 g/mol. The predicted octanol–water partition coefficient (Wildman–Crippen LogP) is 3.16. The van der Waals surface area contributed by atoms with Crippen molar-refractivity contribution in [3.63, 3.8) is 0 Å². The third kappa shape index (κ3) is 1.71. The van der Waals surface area contributed by atoms with Gasteiger partial charge in [-0.3, -0.25) is 0 Å². The number of rotatable bonds is 2. The molecular formula is C14H21NO. The Bertz CT molecular complexity index is 405. The lowest BCUT2D eigenvalue weighted by Crippen LogP contribution is -2.43. The first-order chi connectivity index (χ1) is 7.44. The number of nitrogens with two attached hydrogens (primary N) is 1. The maximum absolute atomic E-state index is 10.0. The highest BCUT2D eigenvalue weighted by molar-refractivity contribution is 5.46. The zero-order valence-electron chi connectivity index (χ0n) is 10.4. The molecule has 3 N–H and O–H groups in total. The molecule has 2 rings (SSSR count). The van der Waals surface area contributed by atoms with Crippen LogP contribution < -0.4 is 5.73 Å².